The summed E-state index contributed by atoms with van der Waals surface area (Å²) in [6.45, 7) is 3.80. The molecule has 0 spiro atoms. The van der Waals surface area contributed by atoms with E-state index < -0.39 is 10.8 Å². The minimum atomic E-state index is -0.617. The number of nitrogens with one attached hydrogen (secondary N) is 1. The summed E-state index contributed by atoms with van der Waals surface area (Å²) in [6.07, 6.45) is 2.64. The molecule has 0 saturated heterocycles. The van der Waals surface area contributed by atoms with Gasteiger partial charge in [0.15, 0.2) is 0 Å². The second-order valence-electron chi connectivity index (χ2n) is 4.71. The van der Waals surface area contributed by atoms with E-state index in [0.29, 0.717) is 0 Å². The molecule has 0 aliphatic heterocycles. The summed E-state index contributed by atoms with van der Waals surface area (Å²) >= 11 is 1.50. The summed E-state index contributed by atoms with van der Waals surface area (Å²) in [4.78, 5) is 28.1. The van der Waals surface area contributed by atoms with Crippen molar-refractivity contribution in [2.24, 2.45) is 0 Å². The average molecular weight is 320 g/mol. The van der Waals surface area contributed by atoms with Crippen LogP contribution in [-0.4, -0.2) is 15.8 Å². The predicted octanol–water partition coefficient (Wildman–Crippen LogP) is 2.69. The highest BCUT2D eigenvalue weighted by Gasteiger charge is 2.24. The van der Waals surface area contributed by atoms with Crippen molar-refractivity contribution < 1.29 is 9.72 Å². The first-order chi connectivity index (χ1) is 10.4. The molecule has 22 heavy (non-hydrogen) atoms. The van der Waals surface area contributed by atoms with Crippen molar-refractivity contribution in [3.05, 3.63) is 50.0 Å². The molecule has 0 bridgehead atoms. The summed E-state index contributed by atoms with van der Waals surface area (Å²) in [6, 6.07) is 3.82. The third kappa shape index (κ3) is 3.22. The SMILES string of the molecule is CCc1cnc([C@@H](C)NC(=O)c2c(N)cccc2[N+](=O)[O-])s1. The number of anilines is 1. The molecule has 0 saturated carbocycles. The van der Waals surface area contributed by atoms with Gasteiger partial charge in [-0.15, -0.1) is 11.3 Å². The van der Waals surface area contributed by atoms with Gasteiger partial charge in [0.2, 0.25) is 0 Å². The summed E-state index contributed by atoms with van der Waals surface area (Å²) in [5.74, 6) is -0.578. The van der Waals surface area contributed by atoms with Crippen LogP contribution in [0.1, 0.15) is 40.1 Å². The first-order valence-electron chi connectivity index (χ1n) is 6.72. The molecule has 0 aliphatic rings. The quantitative estimate of drug-likeness (QED) is 0.500. The number of rotatable bonds is 5. The van der Waals surface area contributed by atoms with Gasteiger partial charge in [0.25, 0.3) is 11.6 Å². The lowest BCUT2D eigenvalue weighted by molar-refractivity contribution is -0.385. The Morgan fingerprint density at radius 2 is 2.27 bits per heavy atom. The second kappa shape index (κ2) is 6.52. The van der Waals surface area contributed by atoms with E-state index in [1.807, 2.05) is 6.92 Å². The van der Waals surface area contributed by atoms with Crippen LogP contribution in [0.3, 0.4) is 0 Å². The van der Waals surface area contributed by atoms with Crippen LogP contribution in [0.5, 0.6) is 0 Å². The number of aromatic nitrogens is 1. The Kier molecular flexibility index (Phi) is 4.71. The van der Waals surface area contributed by atoms with Gasteiger partial charge >= 0.3 is 0 Å². The lowest BCUT2D eigenvalue weighted by Crippen LogP contribution is -2.28. The van der Waals surface area contributed by atoms with Gasteiger partial charge in [-0.1, -0.05) is 13.0 Å². The second-order valence-corrected chi connectivity index (χ2v) is 5.86. The Morgan fingerprint density at radius 3 is 2.86 bits per heavy atom. The number of thiazole rings is 1. The van der Waals surface area contributed by atoms with Gasteiger partial charge in [-0.3, -0.25) is 14.9 Å². The Hall–Kier alpha value is -2.48. The number of nitro groups is 1. The topological polar surface area (TPSA) is 111 Å². The van der Waals surface area contributed by atoms with E-state index in [0.717, 1.165) is 16.3 Å². The van der Waals surface area contributed by atoms with Crippen molar-refractivity contribution in [3.63, 3.8) is 0 Å². The zero-order chi connectivity index (χ0) is 16.3. The Labute approximate surface area is 131 Å². The number of nitrogens with two attached hydrogens (primary N) is 1. The van der Waals surface area contributed by atoms with Gasteiger partial charge in [-0.25, -0.2) is 4.98 Å². The van der Waals surface area contributed by atoms with Crippen molar-refractivity contribution >= 4 is 28.6 Å². The molecule has 1 atom stereocenters. The van der Waals surface area contributed by atoms with Gasteiger partial charge in [-0.2, -0.15) is 0 Å². The fourth-order valence-corrected chi connectivity index (χ4v) is 2.83. The van der Waals surface area contributed by atoms with Crippen molar-refractivity contribution in [1.82, 2.24) is 10.3 Å². The number of hydrogen-bond acceptors (Lipinski definition) is 6. The van der Waals surface area contributed by atoms with Crippen LogP contribution in [-0.2, 0) is 6.42 Å². The third-order valence-corrected chi connectivity index (χ3v) is 4.46. The number of carbonyl (C=O) groups is 1. The van der Waals surface area contributed by atoms with Gasteiger partial charge < -0.3 is 11.1 Å². The van der Waals surface area contributed by atoms with Crippen molar-refractivity contribution in [1.29, 1.82) is 0 Å². The minimum absolute atomic E-state index is 0.0762. The van der Waals surface area contributed by atoms with Gasteiger partial charge in [0.1, 0.15) is 10.6 Å². The predicted molar refractivity (Wildman–Crippen MR) is 84.9 cm³/mol. The third-order valence-electron chi connectivity index (χ3n) is 3.14. The molecule has 8 heteroatoms. The van der Waals surface area contributed by atoms with Crippen LogP contribution in [0.25, 0.3) is 0 Å². The first-order valence-corrected chi connectivity index (χ1v) is 7.54. The zero-order valence-corrected chi connectivity index (χ0v) is 13.0. The molecular formula is C14H16N4O3S. The van der Waals surface area contributed by atoms with E-state index in [4.69, 9.17) is 5.73 Å². The van der Waals surface area contributed by atoms with E-state index in [-0.39, 0.29) is 23.0 Å². The van der Waals surface area contributed by atoms with Crippen LogP contribution in [0.15, 0.2) is 24.4 Å². The molecular weight excluding hydrogens is 304 g/mol. The van der Waals surface area contributed by atoms with Crippen LogP contribution < -0.4 is 11.1 Å². The summed E-state index contributed by atoms with van der Waals surface area (Å²) in [5, 5.41) is 14.5. The maximum Gasteiger partial charge on any atom is 0.284 e. The fourth-order valence-electron chi connectivity index (χ4n) is 1.97. The molecule has 1 amide bonds. The lowest BCUT2D eigenvalue weighted by Gasteiger charge is -2.12. The number of benzene rings is 1. The average Bonchev–Trinajstić information content (AvgIpc) is 2.95. The number of nitro benzene ring substituents is 1. The maximum absolute atomic E-state index is 12.3. The number of nitrogens with zero attached hydrogens (tertiary/aromatic N) is 2. The summed E-state index contributed by atoms with van der Waals surface area (Å²) in [5.41, 5.74) is 5.37. The normalized spacial score (nSPS) is 11.9. The molecule has 3 N–H and O–H groups in total. The standard InChI is InChI=1S/C14H16N4O3S/c1-3-9-7-16-14(22-9)8(2)17-13(19)12-10(15)5-4-6-11(12)18(20)21/h4-8H,3,15H2,1-2H3,(H,17,19)/t8-/m1/s1. The fraction of sp³-hybridized carbons (Fsp3) is 0.286. The minimum Gasteiger partial charge on any atom is -0.398 e. The van der Waals surface area contributed by atoms with Gasteiger partial charge in [0, 0.05) is 17.1 Å². The first kappa shape index (κ1) is 15.9. The molecule has 0 aliphatic carbocycles. The van der Waals surface area contributed by atoms with Gasteiger partial charge in [0.05, 0.1) is 16.7 Å². The zero-order valence-electron chi connectivity index (χ0n) is 12.2. The summed E-state index contributed by atoms with van der Waals surface area (Å²) in [7, 11) is 0. The lowest BCUT2D eigenvalue weighted by atomic mass is 10.1. The monoisotopic (exact) mass is 320 g/mol. The van der Waals surface area contributed by atoms with Crippen molar-refractivity contribution in [2.45, 2.75) is 26.3 Å². The van der Waals surface area contributed by atoms with Crippen LogP contribution in [0.4, 0.5) is 11.4 Å². The number of aryl methyl sites for hydroxylation is 1. The van der Waals surface area contributed by atoms with Crippen LogP contribution >= 0.6 is 11.3 Å². The smallest absolute Gasteiger partial charge is 0.284 e. The molecule has 0 radical (unpaired) electrons. The van der Waals surface area contributed by atoms with E-state index in [1.165, 1.54) is 29.5 Å². The van der Waals surface area contributed by atoms with E-state index in [9.17, 15) is 14.9 Å². The maximum atomic E-state index is 12.3. The van der Waals surface area contributed by atoms with Crippen LogP contribution in [0, 0.1) is 10.1 Å². The molecule has 1 aromatic carbocycles. The Balaban J connectivity index is 2.24. The van der Waals surface area contributed by atoms with E-state index in [2.05, 4.69) is 10.3 Å². The molecule has 7 nitrogen and oxygen atoms in total. The highest BCUT2D eigenvalue weighted by atomic mass is 32.1. The highest BCUT2D eigenvalue weighted by Crippen LogP contribution is 2.26. The molecule has 0 fully saturated rings. The van der Waals surface area contributed by atoms with Crippen molar-refractivity contribution in [3.8, 4) is 0 Å². The number of carbonyl (C=O) groups excluding carboxylic acids is 1. The Morgan fingerprint density at radius 1 is 1.55 bits per heavy atom. The summed E-state index contributed by atoms with van der Waals surface area (Å²) < 4.78 is 0. The Bertz CT molecular complexity index is 714. The molecule has 116 valence electrons. The van der Waals surface area contributed by atoms with E-state index >= 15 is 0 Å². The van der Waals surface area contributed by atoms with E-state index in [1.54, 1.807) is 13.1 Å². The number of amides is 1. The largest absolute Gasteiger partial charge is 0.398 e. The molecule has 2 aromatic rings. The molecule has 2 rings (SSSR count). The van der Waals surface area contributed by atoms with Gasteiger partial charge in [-0.05, 0) is 19.4 Å². The molecule has 1 heterocycles. The molecule has 0 unspecified atom stereocenters. The molecule has 1 aromatic heterocycles. The highest BCUT2D eigenvalue weighted by molar-refractivity contribution is 7.11. The number of hydrogen-bond donors (Lipinski definition) is 2. The van der Waals surface area contributed by atoms with Crippen molar-refractivity contribution in [2.75, 3.05) is 5.73 Å². The number of nitrogen functional groups attached to an aromatic ring is 1. The van der Waals surface area contributed by atoms with Crippen LogP contribution in [0.2, 0.25) is 0 Å².